The van der Waals surface area contributed by atoms with E-state index in [4.69, 9.17) is 5.73 Å². The number of nitrogens with two attached hydrogens (primary N) is 1. The first kappa shape index (κ1) is 15.7. The molecule has 0 rings (SSSR count). The lowest BCUT2D eigenvalue weighted by Gasteiger charge is -1.99. The minimum absolute atomic E-state index is 0.864. The molecule has 0 bridgehead atoms. The van der Waals surface area contributed by atoms with Crippen LogP contribution in [0, 0.1) is 0 Å². The van der Waals surface area contributed by atoms with Crippen molar-refractivity contribution in [1.29, 1.82) is 0 Å². The average Bonchev–Trinajstić information content (AvgIpc) is 2.31. The molecule has 16 heavy (non-hydrogen) atoms. The topological polar surface area (TPSA) is 26.0 Å². The molecule has 0 saturated heterocycles. The molecule has 0 fully saturated rings. The summed E-state index contributed by atoms with van der Waals surface area (Å²) in [5.74, 6) is 0. The summed E-state index contributed by atoms with van der Waals surface area (Å²) in [7, 11) is 0. The molecule has 0 spiro atoms. The Balaban J connectivity index is 2.95. The van der Waals surface area contributed by atoms with Gasteiger partial charge in [0.15, 0.2) is 0 Å². The summed E-state index contributed by atoms with van der Waals surface area (Å²) in [4.78, 5) is 0. The van der Waals surface area contributed by atoms with E-state index >= 15 is 0 Å². The fourth-order valence-electron chi connectivity index (χ4n) is 1.85. The predicted molar refractivity (Wildman–Crippen MR) is 74.7 cm³/mol. The average molecular weight is 225 g/mol. The highest BCUT2D eigenvalue weighted by atomic mass is 14.5. The number of unbranched alkanes of at least 4 members (excludes halogenated alkanes) is 9. The molecule has 0 aromatic carbocycles. The van der Waals surface area contributed by atoms with Gasteiger partial charge in [0.1, 0.15) is 0 Å². The molecular weight excluding hydrogens is 194 g/mol. The van der Waals surface area contributed by atoms with Crippen molar-refractivity contribution in [3.8, 4) is 0 Å². The summed E-state index contributed by atoms with van der Waals surface area (Å²) in [5.41, 5.74) is 5.45. The second kappa shape index (κ2) is 14.7. The van der Waals surface area contributed by atoms with Gasteiger partial charge in [0.2, 0.25) is 0 Å². The van der Waals surface area contributed by atoms with Gasteiger partial charge in [-0.1, -0.05) is 64.0 Å². The number of hydrogen-bond acceptors (Lipinski definition) is 1. The molecule has 0 saturated carbocycles. The molecule has 2 N–H and O–H groups in total. The Hall–Kier alpha value is -0.300. The summed E-state index contributed by atoms with van der Waals surface area (Å²) < 4.78 is 0. The normalized spacial score (nSPS) is 11.4. The Morgan fingerprint density at radius 1 is 0.688 bits per heavy atom. The van der Waals surface area contributed by atoms with Crippen LogP contribution in [0.25, 0.3) is 0 Å². The lowest BCUT2D eigenvalue weighted by molar-refractivity contribution is 0.584. The molecule has 96 valence electrons. The maximum atomic E-state index is 5.45. The van der Waals surface area contributed by atoms with Crippen LogP contribution < -0.4 is 5.73 Å². The maximum absolute atomic E-state index is 5.45. The Labute approximate surface area is 102 Å². The zero-order valence-electron chi connectivity index (χ0n) is 11.2. The SMILES string of the molecule is CCCC/C=C/CCCCCCCCCN. The zero-order valence-corrected chi connectivity index (χ0v) is 11.2. The van der Waals surface area contributed by atoms with E-state index in [1.54, 1.807) is 0 Å². The van der Waals surface area contributed by atoms with Crippen molar-refractivity contribution in [1.82, 2.24) is 0 Å². The van der Waals surface area contributed by atoms with Crippen LogP contribution in [0.1, 0.15) is 77.6 Å². The van der Waals surface area contributed by atoms with E-state index in [2.05, 4.69) is 19.1 Å². The third kappa shape index (κ3) is 13.7. The van der Waals surface area contributed by atoms with Gasteiger partial charge in [0.05, 0.1) is 0 Å². The van der Waals surface area contributed by atoms with E-state index in [1.165, 1.54) is 70.6 Å². The summed E-state index contributed by atoms with van der Waals surface area (Å²) in [6.45, 7) is 3.11. The molecule has 0 aliphatic heterocycles. The Morgan fingerprint density at radius 2 is 1.19 bits per heavy atom. The van der Waals surface area contributed by atoms with Crippen molar-refractivity contribution in [3.63, 3.8) is 0 Å². The molecule has 1 nitrogen and oxygen atoms in total. The second-order valence-electron chi connectivity index (χ2n) is 4.67. The minimum atomic E-state index is 0.864. The van der Waals surface area contributed by atoms with Crippen LogP contribution in [0.4, 0.5) is 0 Å². The molecule has 0 aromatic heterocycles. The monoisotopic (exact) mass is 225 g/mol. The van der Waals surface area contributed by atoms with E-state index in [0.717, 1.165) is 6.54 Å². The first-order valence-corrected chi connectivity index (χ1v) is 7.27. The van der Waals surface area contributed by atoms with Crippen molar-refractivity contribution in [3.05, 3.63) is 12.2 Å². The predicted octanol–water partition coefficient (Wildman–Crippen LogP) is 4.81. The molecule has 0 radical (unpaired) electrons. The lowest BCUT2D eigenvalue weighted by Crippen LogP contribution is -1.97. The van der Waals surface area contributed by atoms with Crippen LogP contribution in [0.15, 0.2) is 12.2 Å². The molecule has 0 amide bonds. The number of hydrogen-bond donors (Lipinski definition) is 1. The van der Waals surface area contributed by atoms with Gasteiger partial charge in [-0.15, -0.1) is 0 Å². The molecule has 0 unspecified atom stereocenters. The molecular formula is C15H31N. The van der Waals surface area contributed by atoms with Gasteiger partial charge in [0.25, 0.3) is 0 Å². The van der Waals surface area contributed by atoms with Gasteiger partial charge in [-0.2, -0.15) is 0 Å². The molecule has 1 heteroatoms. The van der Waals surface area contributed by atoms with Crippen LogP contribution in [0.2, 0.25) is 0 Å². The van der Waals surface area contributed by atoms with Crippen molar-refractivity contribution in [2.24, 2.45) is 5.73 Å². The molecule has 0 aromatic rings. The van der Waals surface area contributed by atoms with E-state index in [9.17, 15) is 0 Å². The lowest BCUT2D eigenvalue weighted by atomic mass is 10.1. The maximum Gasteiger partial charge on any atom is -0.00773 e. The van der Waals surface area contributed by atoms with Crippen LogP contribution in [0.3, 0.4) is 0 Å². The molecule has 0 aliphatic rings. The van der Waals surface area contributed by atoms with Gasteiger partial charge >= 0.3 is 0 Å². The van der Waals surface area contributed by atoms with Crippen LogP contribution in [0.5, 0.6) is 0 Å². The van der Waals surface area contributed by atoms with Crippen molar-refractivity contribution in [2.75, 3.05) is 6.54 Å². The summed E-state index contributed by atoms with van der Waals surface area (Å²) in [6.07, 6.45) is 19.4. The van der Waals surface area contributed by atoms with Crippen molar-refractivity contribution >= 4 is 0 Å². The highest BCUT2D eigenvalue weighted by molar-refractivity contribution is 4.81. The van der Waals surface area contributed by atoms with E-state index in [-0.39, 0.29) is 0 Å². The summed E-state index contributed by atoms with van der Waals surface area (Å²) in [6, 6.07) is 0. The molecule has 0 aliphatic carbocycles. The largest absolute Gasteiger partial charge is 0.330 e. The van der Waals surface area contributed by atoms with E-state index < -0.39 is 0 Å². The standard InChI is InChI=1S/C15H31N/c1-2-3-4-5-6-7-8-9-10-11-12-13-14-15-16/h5-6H,2-4,7-16H2,1H3/b6-5+. The van der Waals surface area contributed by atoms with Crippen LogP contribution in [-0.2, 0) is 0 Å². The summed E-state index contributed by atoms with van der Waals surface area (Å²) >= 11 is 0. The quantitative estimate of drug-likeness (QED) is 0.374. The minimum Gasteiger partial charge on any atom is -0.330 e. The van der Waals surface area contributed by atoms with Crippen LogP contribution in [-0.4, -0.2) is 6.54 Å². The third-order valence-electron chi connectivity index (χ3n) is 2.97. The molecule has 0 atom stereocenters. The fraction of sp³-hybridized carbons (Fsp3) is 0.867. The van der Waals surface area contributed by atoms with Crippen LogP contribution >= 0.6 is 0 Å². The Morgan fingerprint density at radius 3 is 1.75 bits per heavy atom. The zero-order chi connectivity index (χ0) is 11.9. The number of rotatable bonds is 12. The fourth-order valence-corrected chi connectivity index (χ4v) is 1.85. The van der Waals surface area contributed by atoms with Gasteiger partial charge in [0, 0.05) is 0 Å². The Kier molecular flexibility index (Phi) is 14.4. The van der Waals surface area contributed by atoms with Crippen molar-refractivity contribution in [2.45, 2.75) is 77.6 Å². The van der Waals surface area contributed by atoms with E-state index in [0.29, 0.717) is 0 Å². The summed E-state index contributed by atoms with van der Waals surface area (Å²) in [5, 5.41) is 0. The Bertz CT molecular complexity index is 140. The van der Waals surface area contributed by atoms with Crippen molar-refractivity contribution < 1.29 is 0 Å². The third-order valence-corrected chi connectivity index (χ3v) is 2.97. The highest BCUT2D eigenvalue weighted by Crippen LogP contribution is 2.08. The second-order valence-corrected chi connectivity index (χ2v) is 4.67. The van der Waals surface area contributed by atoms with Gasteiger partial charge in [-0.25, -0.2) is 0 Å². The molecule has 0 heterocycles. The van der Waals surface area contributed by atoms with E-state index in [1.807, 2.05) is 0 Å². The highest BCUT2D eigenvalue weighted by Gasteiger charge is 1.90. The first-order valence-electron chi connectivity index (χ1n) is 7.27. The first-order chi connectivity index (χ1) is 7.91. The number of allylic oxidation sites excluding steroid dienone is 2. The van der Waals surface area contributed by atoms with Gasteiger partial charge in [-0.05, 0) is 32.2 Å². The van der Waals surface area contributed by atoms with Gasteiger partial charge < -0.3 is 5.73 Å². The smallest absolute Gasteiger partial charge is 0.00773 e. The van der Waals surface area contributed by atoms with Gasteiger partial charge in [-0.3, -0.25) is 0 Å².